The number of aromatic nitrogens is 1. The molecule has 0 atom stereocenters. The molecule has 0 bridgehead atoms. The van der Waals surface area contributed by atoms with Gasteiger partial charge < -0.3 is 9.80 Å². The van der Waals surface area contributed by atoms with Crippen LogP contribution in [0.4, 0.5) is 5.69 Å². The van der Waals surface area contributed by atoms with Crippen molar-refractivity contribution in [2.24, 2.45) is 0 Å². The third-order valence-corrected chi connectivity index (χ3v) is 3.76. The molecule has 2 aromatic rings. The van der Waals surface area contributed by atoms with Gasteiger partial charge >= 0.3 is 0 Å². The van der Waals surface area contributed by atoms with Crippen molar-refractivity contribution in [3.05, 3.63) is 35.5 Å². The molecule has 3 nitrogen and oxygen atoms in total. The largest absolute Gasteiger partial charge is 0.368 e. The first-order chi connectivity index (χ1) is 8.74. The van der Waals surface area contributed by atoms with Crippen LogP contribution in [0.3, 0.4) is 0 Å². The molecule has 1 saturated heterocycles. The van der Waals surface area contributed by atoms with E-state index in [9.17, 15) is 0 Å². The van der Waals surface area contributed by atoms with Crippen LogP contribution in [-0.2, 0) is 0 Å². The Labute approximate surface area is 112 Å². The van der Waals surface area contributed by atoms with Gasteiger partial charge in [0.1, 0.15) is 0 Å². The van der Waals surface area contributed by atoms with Crippen LogP contribution < -0.4 is 4.90 Å². The van der Waals surface area contributed by atoms with Crippen molar-refractivity contribution < 1.29 is 0 Å². The number of fused-ring (bicyclic) bond motifs is 1. The van der Waals surface area contributed by atoms with Gasteiger partial charge in [0.15, 0.2) is 0 Å². The number of halogens is 1. The molecule has 94 valence electrons. The van der Waals surface area contributed by atoms with Gasteiger partial charge in [-0.2, -0.15) is 0 Å². The average molecular weight is 262 g/mol. The first-order valence-corrected chi connectivity index (χ1v) is 6.59. The summed E-state index contributed by atoms with van der Waals surface area (Å²) in [4.78, 5) is 9.18. The van der Waals surface area contributed by atoms with E-state index in [0.29, 0.717) is 0 Å². The van der Waals surface area contributed by atoms with Gasteiger partial charge in [-0.05, 0) is 31.3 Å². The van der Waals surface area contributed by atoms with Gasteiger partial charge in [0.25, 0.3) is 0 Å². The lowest BCUT2D eigenvalue weighted by atomic mass is 10.1. The average Bonchev–Trinajstić information content (AvgIpc) is 2.38. The van der Waals surface area contributed by atoms with Crippen LogP contribution in [0, 0.1) is 0 Å². The minimum atomic E-state index is 0.741. The second-order valence-electron chi connectivity index (χ2n) is 4.78. The molecule has 1 aliphatic rings. The summed E-state index contributed by atoms with van der Waals surface area (Å²) in [5.74, 6) is 0. The Morgan fingerprint density at radius 3 is 2.67 bits per heavy atom. The standard InChI is InChI=1S/C14H16ClN3/c1-17-6-8-18(9-7-17)14-4-5-16-13-10-11(15)2-3-12(13)14/h2-5,10H,6-9H2,1H3. The smallest absolute Gasteiger partial charge is 0.0737 e. The Bertz CT molecular complexity index is 562. The maximum Gasteiger partial charge on any atom is 0.0737 e. The number of piperazine rings is 1. The summed E-state index contributed by atoms with van der Waals surface area (Å²) >= 11 is 6.02. The SMILES string of the molecule is CN1CCN(c2ccnc3cc(Cl)ccc23)CC1. The Morgan fingerprint density at radius 1 is 1.11 bits per heavy atom. The fraction of sp³-hybridized carbons (Fsp3) is 0.357. The van der Waals surface area contributed by atoms with Crippen LogP contribution in [0.25, 0.3) is 10.9 Å². The van der Waals surface area contributed by atoms with E-state index in [4.69, 9.17) is 11.6 Å². The van der Waals surface area contributed by atoms with E-state index in [0.717, 1.165) is 36.7 Å². The molecule has 1 fully saturated rings. The summed E-state index contributed by atoms with van der Waals surface area (Å²) in [6, 6.07) is 8.03. The molecule has 1 aromatic carbocycles. The minimum Gasteiger partial charge on any atom is -0.368 e. The third kappa shape index (κ3) is 2.16. The molecule has 3 rings (SSSR count). The van der Waals surface area contributed by atoms with Crippen LogP contribution in [0.15, 0.2) is 30.5 Å². The highest BCUT2D eigenvalue weighted by atomic mass is 35.5. The zero-order valence-electron chi connectivity index (χ0n) is 10.4. The Hall–Kier alpha value is -1.32. The number of rotatable bonds is 1. The first kappa shape index (κ1) is 11.8. The summed E-state index contributed by atoms with van der Waals surface area (Å²) in [5.41, 5.74) is 2.24. The summed E-state index contributed by atoms with van der Waals surface area (Å²) < 4.78 is 0. The van der Waals surface area contributed by atoms with Gasteiger partial charge in [-0.3, -0.25) is 4.98 Å². The van der Waals surface area contributed by atoms with Crippen molar-refractivity contribution in [1.29, 1.82) is 0 Å². The minimum absolute atomic E-state index is 0.741. The molecule has 0 unspecified atom stereocenters. The second kappa shape index (κ2) is 4.75. The molecule has 0 radical (unpaired) electrons. The number of nitrogens with zero attached hydrogens (tertiary/aromatic N) is 3. The number of benzene rings is 1. The highest BCUT2D eigenvalue weighted by Gasteiger charge is 2.16. The fourth-order valence-corrected chi connectivity index (χ4v) is 2.60. The maximum absolute atomic E-state index is 6.02. The topological polar surface area (TPSA) is 19.4 Å². The summed E-state index contributed by atoms with van der Waals surface area (Å²) in [6.07, 6.45) is 1.87. The Balaban J connectivity index is 2.01. The van der Waals surface area contributed by atoms with Gasteiger partial charge in [0.05, 0.1) is 5.52 Å². The third-order valence-electron chi connectivity index (χ3n) is 3.53. The van der Waals surface area contributed by atoms with E-state index in [-0.39, 0.29) is 0 Å². The maximum atomic E-state index is 6.02. The molecule has 1 aromatic heterocycles. The number of hydrogen-bond acceptors (Lipinski definition) is 3. The van der Waals surface area contributed by atoms with Gasteiger partial charge in [0, 0.05) is 48.5 Å². The molecule has 0 spiro atoms. The van der Waals surface area contributed by atoms with E-state index in [2.05, 4.69) is 34.0 Å². The van der Waals surface area contributed by atoms with E-state index >= 15 is 0 Å². The number of anilines is 1. The normalized spacial score (nSPS) is 17.3. The molecular weight excluding hydrogens is 246 g/mol. The zero-order valence-corrected chi connectivity index (χ0v) is 11.2. The second-order valence-corrected chi connectivity index (χ2v) is 5.22. The molecule has 0 N–H and O–H groups in total. The van der Waals surface area contributed by atoms with Crippen molar-refractivity contribution in [2.45, 2.75) is 0 Å². The predicted molar refractivity (Wildman–Crippen MR) is 76.5 cm³/mol. The van der Waals surface area contributed by atoms with E-state index in [1.807, 2.05) is 18.3 Å². The lowest BCUT2D eigenvalue weighted by Crippen LogP contribution is -2.44. The molecule has 2 heterocycles. The van der Waals surface area contributed by atoms with Gasteiger partial charge in [-0.15, -0.1) is 0 Å². The summed E-state index contributed by atoms with van der Waals surface area (Å²) in [6.45, 7) is 4.35. The van der Waals surface area contributed by atoms with Crippen molar-refractivity contribution in [3.8, 4) is 0 Å². The predicted octanol–water partition coefficient (Wildman–Crippen LogP) is 2.64. The van der Waals surface area contributed by atoms with Crippen molar-refractivity contribution in [3.63, 3.8) is 0 Å². The monoisotopic (exact) mass is 261 g/mol. The number of likely N-dealkylation sites (N-methyl/N-ethyl adjacent to an activating group) is 1. The van der Waals surface area contributed by atoms with Crippen LogP contribution in [0.2, 0.25) is 5.02 Å². The van der Waals surface area contributed by atoms with Crippen molar-refractivity contribution >= 4 is 28.2 Å². The number of hydrogen-bond donors (Lipinski definition) is 0. The van der Waals surface area contributed by atoms with Gasteiger partial charge in [-0.1, -0.05) is 11.6 Å². The molecule has 18 heavy (non-hydrogen) atoms. The first-order valence-electron chi connectivity index (χ1n) is 6.22. The van der Waals surface area contributed by atoms with E-state index in [1.54, 1.807) is 0 Å². The van der Waals surface area contributed by atoms with Crippen LogP contribution in [0.5, 0.6) is 0 Å². The van der Waals surface area contributed by atoms with Crippen LogP contribution >= 0.6 is 11.6 Å². The van der Waals surface area contributed by atoms with Crippen LogP contribution in [0.1, 0.15) is 0 Å². The van der Waals surface area contributed by atoms with Crippen molar-refractivity contribution in [1.82, 2.24) is 9.88 Å². The van der Waals surface area contributed by atoms with Gasteiger partial charge in [-0.25, -0.2) is 0 Å². The van der Waals surface area contributed by atoms with E-state index in [1.165, 1.54) is 11.1 Å². The zero-order chi connectivity index (χ0) is 12.5. The lowest BCUT2D eigenvalue weighted by molar-refractivity contribution is 0.313. The Morgan fingerprint density at radius 2 is 1.89 bits per heavy atom. The number of pyridine rings is 1. The fourth-order valence-electron chi connectivity index (χ4n) is 2.43. The summed E-state index contributed by atoms with van der Waals surface area (Å²) in [5, 5.41) is 1.93. The van der Waals surface area contributed by atoms with Gasteiger partial charge in [0.2, 0.25) is 0 Å². The highest BCUT2D eigenvalue weighted by Crippen LogP contribution is 2.27. The van der Waals surface area contributed by atoms with E-state index < -0.39 is 0 Å². The molecule has 0 saturated carbocycles. The molecule has 0 aliphatic carbocycles. The van der Waals surface area contributed by atoms with Crippen LogP contribution in [-0.4, -0.2) is 43.1 Å². The highest BCUT2D eigenvalue weighted by molar-refractivity contribution is 6.31. The quantitative estimate of drug-likeness (QED) is 0.787. The Kier molecular flexibility index (Phi) is 3.10. The molecule has 0 amide bonds. The molecule has 4 heteroatoms. The lowest BCUT2D eigenvalue weighted by Gasteiger charge is -2.34. The van der Waals surface area contributed by atoms with Crippen molar-refractivity contribution in [2.75, 3.05) is 38.1 Å². The molecule has 1 aliphatic heterocycles. The summed E-state index contributed by atoms with van der Waals surface area (Å²) in [7, 11) is 2.17. The molecular formula is C14H16ClN3.